The van der Waals surface area contributed by atoms with Gasteiger partial charge in [-0.1, -0.05) is 0 Å². The number of anilines is 1. The quantitative estimate of drug-likeness (QED) is 0.396. The number of hydrogen-bond donors (Lipinski definition) is 3. The maximum absolute atomic E-state index is 12.5. The van der Waals surface area contributed by atoms with E-state index in [1.165, 1.54) is 6.92 Å². The van der Waals surface area contributed by atoms with Crippen molar-refractivity contribution in [1.29, 1.82) is 0 Å². The molecule has 11 heteroatoms. The van der Waals surface area contributed by atoms with Gasteiger partial charge in [-0.15, -0.1) is 0 Å². The molecule has 0 bridgehead atoms. The molecule has 0 saturated carbocycles. The van der Waals surface area contributed by atoms with E-state index in [2.05, 4.69) is 0 Å². The summed E-state index contributed by atoms with van der Waals surface area (Å²) in [5.74, 6) is -3.58. The van der Waals surface area contributed by atoms with Gasteiger partial charge in [-0.05, 0) is 12.5 Å². The number of rotatable bonds is 3. The number of nitro benzene ring substituents is 1. The Hall–Kier alpha value is -4.02. The minimum absolute atomic E-state index is 0.0788. The van der Waals surface area contributed by atoms with Gasteiger partial charge in [0.15, 0.2) is 0 Å². The first-order chi connectivity index (χ1) is 12.1. The number of nitro groups is 1. The third-order valence-electron chi connectivity index (χ3n) is 3.90. The zero-order valence-electron chi connectivity index (χ0n) is 13.1. The molecule has 2 heterocycles. The molecule has 3 rings (SSSR count). The molecule has 0 spiro atoms. The number of carbonyl (C=O) groups excluding carboxylic acids is 2. The van der Waals surface area contributed by atoms with E-state index in [0.29, 0.717) is 0 Å². The van der Waals surface area contributed by atoms with Crippen LogP contribution in [0.3, 0.4) is 0 Å². The van der Waals surface area contributed by atoms with Crippen LogP contribution in [0.4, 0.5) is 11.5 Å². The fourth-order valence-corrected chi connectivity index (χ4v) is 2.84. The van der Waals surface area contributed by atoms with Gasteiger partial charge in [0, 0.05) is 18.2 Å². The number of hydrogen-bond acceptors (Lipinski definition) is 7. The highest BCUT2D eigenvalue weighted by molar-refractivity contribution is 6.23. The number of nitrogens with two attached hydrogens (primary N) is 1. The number of benzene rings is 1. The van der Waals surface area contributed by atoms with Crippen molar-refractivity contribution >= 4 is 29.3 Å². The Morgan fingerprint density at radius 2 is 1.88 bits per heavy atom. The minimum Gasteiger partial charge on any atom is -0.478 e. The maximum atomic E-state index is 12.5. The molecule has 0 aliphatic carbocycles. The molecule has 4 N–H and O–H groups in total. The van der Waals surface area contributed by atoms with E-state index in [0.717, 1.165) is 22.8 Å². The van der Waals surface area contributed by atoms with E-state index >= 15 is 0 Å². The second-order valence-corrected chi connectivity index (χ2v) is 5.50. The summed E-state index contributed by atoms with van der Waals surface area (Å²) in [7, 11) is 0. The molecule has 26 heavy (non-hydrogen) atoms. The van der Waals surface area contributed by atoms with Crippen molar-refractivity contribution in [1.82, 2.24) is 9.88 Å². The lowest BCUT2D eigenvalue weighted by Crippen LogP contribution is -2.26. The van der Waals surface area contributed by atoms with Crippen LogP contribution in [0.2, 0.25) is 0 Å². The molecule has 11 nitrogen and oxygen atoms in total. The highest BCUT2D eigenvalue weighted by atomic mass is 16.6. The second-order valence-electron chi connectivity index (χ2n) is 5.50. The number of carboxylic acid groups (broad SMARTS) is 1. The lowest BCUT2D eigenvalue weighted by Gasteiger charge is -2.16. The van der Waals surface area contributed by atoms with Crippen molar-refractivity contribution < 1.29 is 24.4 Å². The molecule has 0 saturated heterocycles. The van der Waals surface area contributed by atoms with Crippen molar-refractivity contribution in [2.24, 2.45) is 0 Å². The van der Waals surface area contributed by atoms with Crippen LogP contribution >= 0.6 is 0 Å². The van der Waals surface area contributed by atoms with Crippen molar-refractivity contribution in [2.75, 3.05) is 5.73 Å². The number of imide groups is 1. The van der Waals surface area contributed by atoms with Gasteiger partial charge in [-0.2, -0.15) is 0 Å². The van der Waals surface area contributed by atoms with Gasteiger partial charge in [0.25, 0.3) is 23.1 Å². The maximum Gasteiger partial charge on any atom is 0.338 e. The van der Waals surface area contributed by atoms with Crippen molar-refractivity contribution in [3.05, 3.63) is 60.9 Å². The Bertz CT molecular complexity index is 1100. The number of aromatic carboxylic acids is 1. The summed E-state index contributed by atoms with van der Waals surface area (Å²) in [6, 6.07) is 2.72. The summed E-state index contributed by atoms with van der Waals surface area (Å²) in [6.45, 7) is 1.36. The van der Waals surface area contributed by atoms with Gasteiger partial charge in [-0.3, -0.25) is 34.4 Å². The molecule has 2 amide bonds. The molecule has 0 radical (unpaired) electrons. The SMILES string of the molecule is Cc1cc([N+](=O)[O-])cc(C(=O)O)c1-n1c(N)c2c(cc1=O)C(=O)NC2=O. The van der Waals surface area contributed by atoms with E-state index in [-0.39, 0.29) is 22.4 Å². The molecular weight excluding hydrogens is 348 g/mol. The summed E-state index contributed by atoms with van der Waals surface area (Å²) >= 11 is 0. The summed E-state index contributed by atoms with van der Waals surface area (Å²) < 4.78 is 0.750. The Balaban J connectivity index is 2.43. The van der Waals surface area contributed by atoms with Gasteiger partial charge in [0.2, 0.25) is 0 Å². The fraction of sp³-hybridized carbons (Fsp3) is 0.0667. The van der Waals surface area contributed by atoms with Crippen LogP contribution in [0.5, 0.6) is 0 Å². The minimum atomic E-state index is -1.53. The number of nitrogens with zero attached hydrogens (tertiary/aromatic N) is 2. The van der Waals surface area contributed by atoms with Gasteiger partial charge in [-0.25, -0.2) is 4.79 Å². The smallest absolute Gasteiger partial charge is 0.338 e. The van der Waals surface area contributed by atoms with E-state index in [9.17, 15) is 34.4 Å². The van der Waals surface area contributed by atoms with Crippen LogP contribution in [0.15, 0.2) is 23.0 Å². The molecule has 0 atom stereocenters. The normalized spacial score (nSPS) is 12.7. The molecule has 1 aliphatic rings. The summed E-state index contributed by atoms with van der Waals surface area (Å²) in [6.07, 6.45) is 0. The molecule has 2 aromatic rings. The first-order valence-electron chi connectivity index (χ1n) is 7.07. The van der Waals surface area contributed by atoms with E-state index in [4.69, 9.17) is 5.73 Å². The standard InChI is InChI=1S/C15H10N4O7/c1-5-2-6(19(25)26)3-8(15(23)24)11(5)18-9(20)4-7-10(12(18)16)14(22)17-13(7)21/h2-4H,16H2,1H3,(H,23,24)(H,17,21,22). The number of carbonyl (C=O) groups is 3. The zero-order chi connectivity index (χ0) is 19.3. The number of pyridine rings is 1. The van der Waals surface area contributed by atoms with Gasteiger partial charge >= 0.3 is 5.97 Å². The van der Waals surface area contributed by atoms with E-state index in [1.54, 1.807) is 0 Å². The first-order valence-corrected chi connectivity index (χ1v) is 7.07. The summed E-state index contributed by atoms with van der Waals surface area (Å²) in [4.78, 5) is 57.8. The molecule has 0 unspecified atom stereocenters. The molecule has 0 fully saturated rings. The van der Waals surface area contributed by atoms with Gasteiger partial charge < -0.3 is 10.8 Å². The van der Waals surface area contributed by atoms with Crippen LogP contribution in [0, 0.1) is 17.0 Å². The van der Waals surface area contributed by atoms with Crippen LogP contribution in [0.1, 0.15) is 36.6 Å². The predicted molar refractivity (Wildman–Crippen MR) is 86.6 cm³/mol. The number of nitrogen functional groups attached to an aromatic ring is 1. The lowest BCUT2D eigenvalue weighted by atomic mass is 10.0. The second kappa shape index (κ2) is 5.51. The van der Waals surface area contributed by atoms with Gasteiger partial charge in [0.1, 0.15) is 5.82 Å². The molecule has 1 aliphatic heterocycles. The Morgan fingerprint density at radius 1 is 1.23 bits per heavy atom. The van der Waals surface area contributed by atoms with Crippen LogP contribution in [-0.4, -0.2) is 32.4 Å². The average molecular weight is 358 g/mol. The third-order valence-corrected chi connectivity index (χ3v) is 3.90. The van der Waals surface area contributed by atoms with Crippen molar-refractivity contribution in [2.45, 2.75) is 6.92 Å². The van der Waals surface area contributed by atoms with Crippen LogP contribution < -0.4 is 16.6 Å². The lowest BCUT2D eigenvalue weighted by molar-refractivity contribution is -0.384. The number of aryl methyl sites for hydroxylation is 1. The molecule has 1 aromatic heterocycles. The number of amides is 2. The number of aromatic nitrogens is 1. The van der Waals surface area contributed by atoms with Gasteiger partial charge in [0.05, 0.1) is 27.3 Å². The molecule has 132 valence electrons. The number of fused-ring (bicyclic) bond motifs is 1. The number of non-ortho nitro benzene ring substituents is 1. The highest BCUT2D eigenvalue weighted by Crippen LogP contribution is 2.29. The van der Waals surface area contributed by atoms with Crippen LogP contribution in [-0.2, 0) is 0 Å². The fourth-order valence-electron chi connectivity index (χ4n) is 2.84. The van der Waals surface area contributed by atoms with Crippen LogP contribution in [0.25, 0.3) is 5.69 Å². The predicted octanol–water partition coefficient (Wildman–Crippen LogP) is 0.218. The molecular formula is C15H10N4O7. The zero-order valence-corrected chi connectivity index (χ0v) is 13.1. The Kier molecular flexibility index (Phi) is 3.57. The van der Waals surface area contributed by atoms with Crippen molar-refractivity contribution in [3.63, 3.8) is 0 Å². The largest absolute Gasteiger partial charge is 0.478 e. The average Bonchev–Trinajstić information content (AvgIpc) is 2.82. The van der Waals surface area contributed by atoms with Crippen molar-refractivity contribution in [3.8, 4) is 5.69 Å². The summed E-state index contributed by atoms with van der Waals surface area (Å²) in [5.41, 5.74) is 3.37. The van der Waals surface area contributed by atoms with E-state index in [1.807, 2.05) is 5.32 Å². The third kappa shape index (κ3) is 2.30. The monoisotopic (exact) mass is 358 g/mol. The Labute approximate surface area is 143 Å². The number of carboxylic acids is 1. The first kappa shape index (κ1) is 16.8. The number of nitrogens with one attached hydrogen (secondary N) is 1. The summed E-state index contributed by atoms with van der Waals surface area (Å²) in [5, 5.41) is 22.4. The Morgan fingerprint density at radius 3 is 2.46 bits per heavy atom. The van der Waals surface area contributed by atoms with E-state index < -0.39 is 45.3 Å². The topological polar surface area (TPSA) is 175 Å². The molecule has 1 aromatic carbocycles. The highest BCUT2D eigenvalue weighted by Gasteiger charge is 2.33.